The van der Waals surface area contributed by atoms with Crippen molar-refractivity contribution < 1.29 is 14.3 Å². The number of ether oxygens (including phenoxy) is 2. The number of hydrogen-bond acceptors (Lipinski definition) is 4. The van der Waals surface area contributed by atoms with Crippen molar-refractivity contribution in [3.63, 3.8) is 0 Å². The van der Waals surface area contributed by atoms with E-state index in [2.05, 4.69) is 5.32 Å². The molecule has 2 aliphatic heterocycles. The molecule has 0 aliphatic carbocycles. The van der Waals surface area contributed by atoms with Gasteiger partial charge in [-0.2, -0.15) is 0 Å². The molecule has 0 atom stereocenters. The van der Waals surface area contributed by atoms with Crippen LogP contribution in [0.25, 0.3) is 0 Å². The Morgan fingerprint density at radius 3 is 2.65 bits per heavy atom. The number of carbonyl (C=O) groups excluding carboxylic acids is 1. The maximum absolute atomic E-state index is 12.4. The van der Waals surface area contributed by atoms with Gasteiger partial charge in [0.25, 0.3) is 0 Å². The predicted octanol–water partition coefficient (Wildman–Crippen LogP) is 2.51. The van der Waals surface area contributed by atoms with Crippen molar-refractivity contribution in [3.8, 4) is 11.5 Å². The van der Waals surface area contributed by atoms with Crippen LogP contribution >= 0.6 is 12.4 Å². The SMILES string of the molecule is COc1cc(C)c2c(c1)OC1(CCNCC1)CC2=O.Cl. The summed E-state index contributed by atoms with van der Waals surface area (Å²) in [5, 5.41) is 3.31. The highest BCUT2D eigenvalue weighted by atomic mass is 35.5. The third-order valence-corrected chi connectivity index (χ3v) is 4.11. The van der Waals surface area contributed by atoms with Crippen LogP contribution in [0.4, 0.5) is 0 Å². The lowest BCUT2D eigenvalue weighted by Gasteiger charge is -2.41. The van der Waals surface area contributed by atoms with Crippen LogP contribution in [-0.2, 0) is 0 Å². The first-order valence-corrected chi connectivity index (χ1v) is 6.75. The van der Waals surface area contributed by atoms with Crippen LogP contribution in [0.2, 0.25) is 0 Å². The fraction of sp³-hybridized carbons (Fsp3) is 0.533. The number of ketones is 1. The predicted molar refractivity (Wildman–Crippen MR) is 79.4 cm³/mol. The molecule has 0 radical (unpaired) electrons. The molecule has 1 fully saturated rings. The monoisotopic (exact) mass is 297 g/mol. The normalized spacial score (nSPS) is 19.8. The lowest BCUT2D eigenvalue weighted by Crippen LogP contribution is -2.49. The molecular formula is C15H20ClNO3. The minimum atomic E-state index is -0.311. The van der Waals surface area contributed by atoms with Crippen molar-refractivity contribution >= 4 is 18.2 Å². The molecule has 5 heteroatoms. The number of aryl methyl sites for hydroxylation is 1. The minimum Gasteiger partial charge on any atom is -0.497 e. The highest BCUT2D eigenvalue weighted by molar-refractivity contribution is 6.02. The van der Waals surface area contributed by atoms with Gasteiger partial charge in [-0.25, -0.2) is 0 Å². The number of piperidine rings is 1. The first kappa shape index (κ1) is 15.1. The van der Waals surface area contributed by atoms with Crippen molar-refractivity contribution in [2.24, 2.45) is 0 Å². The highest BCUT2D eigenvalue weighted by Crippen LogP contribution is 2.41. The third-order valence-electron chi connectivity index (χ3n) is 4.11. The Balaban J connectivity index is 0.00000147. The first-order chi connectivity index (χ1) is 9.13. The molecule has 0 saturated carbocycles. The molecule has 0 bridgehead atoms. The summed E-state index contributed by atoms with van der Waals surface area (Å²) >= 11 is 0. The second-order valence-corrected chi connectivity index (χ2v) is 5.45. The van der Waals surface area contributed by atoms with Gasteiger partial charge in [0.05, 0.1) is 19.1 Å². The van der Waals surface area contributed by atoms with E-state index < -0.39 is 0 Å². The van der Waals surface area contributed by atoms with Crippen molar-refractivity contribution in [2.45, 2.75) is 31.8 Å². The van der Waals surface area contributed by atoms with Crippen LogP contribution in [0.5, 0.6) is 11.5 Å². The number of benzene rings is 1. The van der Waals surface area contributed by atoms with Gasteiger partial charge in [0.15, 0.2) is 5.78 Å². The molecule has 3 rings (SSSR count). The van der Waals surface area contributed by atoms with Crippen molar-refractivity contribution in [1.29, 1.82) is 0 Å². The van der Waals surface area contributed by atoms with Gasteiger partial charge >= 0.3 is 0 Å². The summed E-state index contributed by atoms with van der Waals surface area (Å²) in [4.78, 5) is 12.4. The van der Waals surface area contributed by atoms with Crippen LogP contribution in [0.1, 0.15) is 35.2 Å². The molecule has 110 valence electrons. The molecule has 1 spiro atoms. The summed E-state index contributed by atoms with van der Waals surface area (Å²) < 4.78 is 11.5. The Hall–Kier alpha value is -1.26. The smallest absolute Gasteiger partial charge is 0.170 e. The summed E-state index contributed by atoms with van der Waals surface area (Å²) in [6.45, 7) is 3.75. The van der Waals surface area contributed by atoms with E-state index in [0.29, 0.717) is 12.2 Å². The average Bonchev–Trinajstić information content (AvgIpc) is 2.38. The number of hydrogen-bond donors (Lipinski definition) is 1. The zero-order chi connectivity index (χ0) is 13.5. The van der Waals surface area contributed by atoms with Gasteiger partial charge in [-0.1, -0.05) is 0 Å². The lowest BCUT2D eigenvalue weighted by molar-refractivity contribution is 0.0185. The summed E-state index contributed by atoms with van der Waals surface area (Å²) in [6.07, 6.45) is 2.26. The molecular weight excluding hydrogens is 278 g/mol. The van der Waals surface area contributed by atoms with E-state index in [-0.39, 0.29) is 23.8 Å². The molecule has 1 aromatic rings. The van der Waals surface area contributed by atoms with Crippen LogP contribution in [0.15, 0.2) is 12.1 Å². The summed E-state index contributed by atoms with van der Waals surface area (Å²) in [5.74, 6) is 1.63. The number of methoxy groups -OCH3 is 1. The Kier molecular flexibility index (Phi) is 4.25. The molecule has 0 aromatic heterocycles. The molecule has 0 unspecified atom stereocenters. The van der Waals surface area contributed by atoms with E-state index in [9.17, 15) is 4.79 Å². The Morgan fingerprint density at radius 1 is 1.30 bits per heavy atom. The fourth-order valence-electron chi connectivity index (χ4n) is 3.09. The van der Waals surface area contributed by atoms with Crippen molar-refractivity contribution in [1.82, 2.24) is 5.32 Å². The van der Waals surface area contributed by atoms with Gasteiger partial charge in [-0.3, -0.25) is 4.79 Å². The second kappa shape index (κ2) is 5.62. The molecule has 1 N–H and O–H groups in total. The van der Waals surface area contributed by atoms with E-state index in [4.69, 9.17) is 9.47 Å². The third kappa shape index (κ3) is 2.50. The number of nitrogens with one attached hydrogen (secondary N) is 1. The molecule has 0 amide bonds. The van der Waals surface area contributed by atoms with Crippen LogP contribution in [0, 0.1) is 6.92 Å². The maximum Gasteiger partial charge on any atom is 0.170 e. The van der Waals surface area contributed by atoms with E-state index in [1.165, 1.54) is 0 Å². The van der Waals surface area contributed by atoms with Crippen molar-refractivity contribution in [2.75, 3.05) is 20.2 Å². The number of fused-ring (bicyclic) bond motifs is 1. The Bertz CT molecular complexity index is 524. The van der Waals surface area contributed by atoms with Gasteiger partial charge in [-0.05, 0) is 31.6 Å². The second-order valence-electron chi connectivity index (χ2n) is 5.45. The quantitative estimate of drug-likeness (QED) is 0.865. The average molecular weight is 298 g/mol. The van der Waals surface area contributed by atoms with E-state index in [1.54, 1.807) is 7.11 Å². The Morgan fingerprint density at radius 2 is 2.00 bits per heavy atom. The van der Waals surface area contributed by atoms with Gasteiger partial charge < -0.3 is 14.8 Å². The summed E-state index contributed by atoms with van der Waals surface area (Å²) in [6, 6.07) is 3.73. The zero-order valence-electron chi connectivity index (χ0n) is 11.8. The van der Waals surface area contributed by atoms with Crippen LogP contribution < -0.4 is 14.8 Å². The number of halogens is 1. The molecule has 2 heterocycles. The minimum absolute atomic E-state index is 0. The standard InChI is InChI=1S/C15H19NO3.ClH/c1-10-7-11(18-2)8-13-14(10)12(17)9-15(19-13)3-5-16-6-4-15;/h7-8,16H,3-6,9H2,1-2H3;1H. The number of carbonyl (C=O) groups is 1. The van der Waals surface area contributed by atoms with Gasteiger partial charge in [0.1, 0.15) is 17.1 Å². The van der Waals surface area contributed by atoms with E-state index in [0.717, 1.165) is 42.8 Å². The number of rotatable bonds is 1. The van der Waals surface area contributed by atoms with Gasteiger partial charge in [0, 0.05) is 18.9 Å². The number of Topliss-reactive ketones (excluding diaryl/α,β-unsaturated/α-hetero) is 1. The van der Waals surface area contributed by atoms with Crippen molar-refractivity contribution in [3.05, 3.63) is 23.3 Å². The van der Waals surface area contributed by atoms with Gasteiger partial charge in [0.2, 0.25) is 0 Å². The molecule has 2 aliphatic rings. The molecule has 1 aromatic carbocycles. The van der Waals surface area contributed by atoms with E-state index in [1.807, 2.05) is 19.1 Å². The summed E-state index contributed by atoms with van der Waals surface area (Å²) in [7, 11) is 1.63. The lowest BCUT2D eigenvalue weighted by atomic mass is 9.82. The van der Waals surface area contributed by atoms with E-state index >= 15 is 0 Å². The topological polar surface area (TPSA) is 47.6 Å². The highest BCUT2D eigenvalue weighted by Gasteiger charge is 2.42. The largest absolute Gasteiger partial charge is 0.497 e. The zero-order valence-corrected chi connectivity index (χ0v) is 12.6. The van der Waals surface area contributed by atoms with Crippen LogP contribution in [0.3, 0.4) is 0 Å². The van der Waals surface area contributed by atoms with Crippen LogP contribution in [-0.4, -0.2) is 31.6 Å². The van der Waals surface area contributed by atoms with Gasteiger partial charge in [-0.15, -0.1) is 12.4 Å². The first-order valence-electron chi connectivity index (χ1n) is 6.75. The molecule has 4 nitrogen and oxygen atoms in total. The fourth-order valence-corrected chi connectivity index (χ4v) is 3.09. The molecule has 20 heavy (non-hydrogen) atoms. The summed E-state index contributed by atoms with van der Waals surface area (Å²) in [5.41, 5.74) is 1.35. The molecule has 1 saturated heterocycles. The Labute approximate surface area is 125 Å². The maximum atomic E-state index is 12.4.